The molecule has 0 heterocycles. The van der Waals surface area contributed by atoms with Crippen LogP contribution in [0.15, 0.2) is 33.7 Å². The third kappa shape index (κ3) is 3.50. The summed E-state index contributed by atoms with van der Waals surface area (Å²) in [6, 6.07) is 8.07. The van der Waals surface area contributed by atoms with E-state index < -0.39 is 0 Å². The van der Waals surface area contributed by atoms with Crippen LogP contribution in [-0.4, -0.2) is 12.4 Å². The molecule has 0 fully saturated rings. The molecular weight excluding hydrogens is 240 g/mol. The summed E-state index contributed by atoms with van der Waals surface area (Å²) in [4.78, 5) is 4.25. The van der Waals surface area contributed by atoms with E-state index in [9.17, 15) is 0 Å². The van der Waals surface area contributed by atoms with Crippen LogP contribution in [0.5, 0.6) is 0 Å². The first kappa shape index (κ1) is 11.2. The van der Waals surface area contributed by atoms with Gasteiger partial charge in [-0.15, -0.1) is 0 Å². The number of hydrogen-bond donors (Lipinski definition) is 1. The van der Waals surface area contributed by atoms with Gasteiger partial charge in [-0.3, -0.25) is 4.99 Å². The van der Waals surface area contributed by atoms with Gasteiger partial charge in [0.2, 0.25) is 0 Å². The highest BCUT2D eigenvalue weighted by Gasteiger charge is 2.00. The molecule has 3 heteroatoms. The van der Waals surface area contributed by atoms with Crippen molar-refractivity contribution in [2.75, 3.05) is 6.54 Å². The Bertz CT molecular complexity index is 321. The van der Waals surface area contributed by atoms with Gasteiger partial charge in [-0.2, -0.15) is 0 Å². The Kier molecular flexibility index (Phi) is 4.66. The first-order valence-corrected chi connectivity index (χ1v) is 5.55. The zero-order valence-electron chi connectivity index (χ0n) is 8.33. The fraction of sp³-hybridized carbons (Fsp3) is 0.364. The molecule has 76 valence electrons. The first-order valence-electron chi connectivity index (χ1n) is 4.76. The van der Waals surface area contributed by atoms with Crippen molar-refractivity contribution in [3.8, 4) is 0 Å². The highest BCUT2D eigenvalue weighted by atomic mass is 79.9. The van der Waals surface area contributed by atoms with E-state index >= 15 is 0 Å². The van der Waals surface area contributed by atoms with E-state index in [4.69, 9.17) is 5.73 Å². The van der Waals surface area contributed by atoms with Crippen LogP contribution in [0.25, 0.3) is 0 Å². The molecule has 14 heavy (non-hydrogen) atoms. The van der Waals surface area contributed by atoms with Gasteiger partial charge in [0.05, 0.1) is 5.84 Å². The summed E-state index contributed by atoms with van der Waals surface area (Å²) in [6.07, 6.45) is 1.76. The molecular formula is C11H15BrN2. The van der Waals surface area contributed by atoms with Crippen LogP contribution >= 0.6 is 15.9 Å². The molecule has 1 aromatic rings. The summed E-state index contributed by atoms with van der Waals surface area (Å²) < 4.78 is 1.09. The third-order valence-electron chi connectivity index (χ3n) is 1.87. The lowest BCUT2D eigenvalue weighted by molar-refractivity contribution is 0.924. The van der Waals surface area contributed by atoms with Gasteiger partial charge >= 0.3 is 0 Å². The monoisotopic (exact) mass is 254 g/mol. The van der Waals surface area contributed by atoms with E-state index in [0.29, 0.717) is 5.84 Å². The van der Waals surface area contributed by atoms with E-state index in [0.717, 1.165) is 23.9 Å². The van der Waals surface area contributed by atoms with Crippen molar-refractivity contribution >= 4 is 21.8 Å². The van der Waals surface area contributed by atoms with E-state index in [1.165, 1.54) is 5.56 Å². The SMILES string of the molecule is CCCN=C(N)Cc1ccccc1Br. The minimum Gasteiger partial charge on any atom is -0.387 e. The lowest BCUT2D eigenvalue weighted by Gasteiger charge is -2.03. The molecule has 0 radical (unpaired) electrons. The maximum absolute atomic E-state index is 5.79. The number of amidine groups is 1. The maximum atomic E-state index is 5.79. The van der Waals surface area contributed by atoms with Crippen LogP contribution < -0.4 is 5.73 Å². The summed E-state index contributed by atoms with van der Waals surface area (Å²) in [5.41, 5.74) is 6.97. The highest BCUT2D eigenvalue weighted by molar-refractivity contribution is 9.10. The van der Waals surface area contributed by atoms with E-state index in [1.54, 1.807) is 0 Å². The molecule has 0 spiro atoms. The number of nitrogens with two attached hydrogens (primary N) is 1. The number of halogens is 1. The normalized spacial score (nSPS) is 11.7. The van der Waals surface area contributed by atoms with Gasteiger partial charge in [-0.25, -0.2) is 0 Å². The quantitative estimate of drug-likeness (QED) is 0.652. The predicted molar refractivity (Wildman–Crippen MR) is 64.6 cm³/mol. The summed E-state index contributed by atoms with van der Waals surface area (Å²) in [5.74, 6) is 0.707. The molecule has 1 rings (SSSR count). The molecule has 0 aliphatic carbocycles. The average molecular weight is 255 g/mol. The molecule has 0 aromatic heterocycles. The Morgan fingerprint density at radius 1 is 1.43 bits per heavy atom. The number of benzene rings is 1. The lowest BCUT2D eigenvalue weighted by Crippen LogP contribution is -2.15. The van der Waals surface area contributed by atoms with Crippen LogP contribution in [-0.2, 0) is 6.42 Å². The maximum Gasteiger partial charge on any atom is 0.0981 e. The van der Waals surface area contributed by atoms with Crippen molar-refractivity contribution < 1.29 is 0 Å². The topological polar surface area (TPSA) is 38.4 Å². The minimum absolute atomic E-state index is 0.707. The van der Waals surface area contributed by atoms with Crippen molar-refractivity contribution in [2.45, 2.75) is 19.8 Å². The number of aliphatic imine (C=N–C) groups is 1. The second-order valence-corrected chi connectivity index (χ2v) is 4.00. The van der Waals surface area contributed by atoms with Crippen LogP contribution in [0.1, 0.15) is 18.9 Å². The smallest absolute Gasteiger partial charge is 0.0981 e. The fourth-order valence-electron chi connectivity index (χ4n) is 1.15. The Balaban J connectivity index is 2.64. The van der Waals surface area contributed by atoms with Gasteiger partial charge in [0.1, 0.15) is 0 Å². The van der Waals surface area contributed by atoms with E-state index in [2.05, 4.69) is 33.9 Å². The van der Waals surface area contributed by atoms with Crippen LogP contribution in [0.2, 0.25) is 0 Å². The minimum atomic E-state index is 0.707. The Hall–Kier alpha value is -0.830. The highest BCUT2D eigenvalue weighted by Crippen LogP contribution is 2.16. The van der Waals surface area contributed by atoms with Gasteiger partial charge < -0.3 is 5.73 Å². The van der Waals surface area contributed by atoms with Gasteiger partial charge in [0.25, 0.3) is 0 Å². The number of rotatable bonds is 4. The Labute approximate surface area is 93.4 Å². The molecule has 0 saturated carbocycles. The molecule has 0 aliphatic heterocycles. The van der Waals surface area contributed by atoms with Crippen molar-refractivity contribution in [1.29, 1.82) is 0 Å². The first-order chi connectivity index (χ1) is 6.74. The summed E-state index contributed by atoms with van der Waals surface area (Å²) in [5, 5.41) is 0. The summed E-state index contributed by atoms with van der Waals surface area (Å²) in [6.45, 7) is 2.91. The largest absolute Gasteiger partial charge is 0.387 e. The fourth-order valence-corrected chi connectivity index (χ4v) is 1.57. The molecule has 2 nitrogen and oxygen atoms in total. The summed E-state index contributed by atoms with van der Waals surface area (Å²) in [7, 11) is 0. The number of hydrogen-bond acceptors (Lipinski definition) is 1. The zero-order valence-corrected chi connectivity index (χ0v) is 9.92. The van der Waals surface area contributed by atoms with Crippen molar-refractivity contribution in [1.82, 2.24) is 0 Å². The average Bonchev–Trinajstić information content (AvgIpc) is 2.18. The molecule has 0 unspecified atom stereocenters. The molecule has 2 N–H and O–H groups in total. The predicted octanol–water partition coefficient (Wildman–Crippen LogP) is 2.76. The van der Waals surface area contributed by atoms with Gasteiger partial charge in [0.15, 0.2) is 0 Å². The molecule has 0 bridgehead atoms. The van der Waals surface area contributed by atoms with Crippen molar-refractivity contribution in [2.24, 2.45) is 10.7 Å². The molecule has 0 saturated heterocycles. The van der Waals surface area contributed by atoms with Crippen molar-refractivity contribution in [3.63, 3.8) is 0 Å². The van der Waals surface area contributed by atoms with Crippen LogP contribution in [0.3, 0.4) is 0 Å². The van der Waals surface area contributed by atoms with Gasteiger partial charge in [0, 0.05) is 17.4 Å². The summed E-state index contributed by atoms with van der Waals surface area (Å²) >= 11 is 3.48. The zero-order chi connectivity index (χ0) is 10.4. The molecule has 0 atom stereocenters. The van der Waals surface area contributed by atoms with Crippen molar-refractivity contribution in [3.05, 3.63) is 34.3 Å². The van der Waals surface area contributed by atoms with E-state index in [-0.39, 0.29) is 0 Å². The third-order valence-corrected chi connectivity index (χ3v) is 2.64. The standard InChI is InChI=1S/C11H15BrN2/c1-2-7-14-11(13)8-9-5-3-4-6-10(9)12/h3-6H,2,7-8H2,1H3,(H2,13,14). The van der Waals surface area contributed by atoms with Crippen LogP contribution in [0.4, 0.5) is 0 Å². The Morgan fingerprint density at radius 2 is 2.14 bits per heavy atom. The van der Waals surface area contributed by atoms with E-state index in [1.807, 2.05) is 18.2 Å². The second kappa shape index (κ2) is 5.81. The molecule has 0 aliphatic rings. The molecule has 0 amide bonds. The van der Waals surface area contributed by atoms with Gasteiger partial charge in [-0.1, -0.05) is 41.1 Å². The second-order valence-electron chi connectivity index (χ2n) is 3.14. The Morgan fingerprint density at radius 3 is 2.79 bits per heavy atom. The molecule has 1 aromatic carbocycles. The van der Waals surface area contributed by atoms with Crippen LogP contribution in [0, 0.1) is 0 Å². The number of nitrogens with zero attached hydrogens (tertiary/aromatic N) is 1. The lowest BCUT2D eigenvalue weighted by atomic mass is 10.1. The van der Waals surface area contributed by atoms with Gasteiger partial charge in [-0.05, 0) is 18.1 Å².